The van der Waals surface area contributed by atoms with Crippen LogP contribution in [0.25, 0.3) is 0 Å². The Kier molecular flexibility index (Phi) is 15.9. The quantitative estimate of drug-likeness (QED) is 0.112. The van der Waals surface area contributed by atoms with Crippen molar-refractivity contribution in [3.8, 4) is 0 Å². The Hall–Kier alpha value is -1.32. The monoisotopic (exact) mass is 660 g/mol. The van der Waals surface area contributed by atoms with Crippen molar-refractivity contribution in [3.05, 3.63) is 0 Å². The maximum atomic E-state index is 14.1. The molecule has 0 N–H and O–H groups in total. The van der Waals surface area contributed by atoms with Crippen LogP contribution in [0.5, 0.6) is 0 Å². The Bertz CT molecular complexity index is 547. The molecule has 1 aliphatic carbocycles. The van der Waals surface area contributed by atoms with Crippen molar-refractivity contribution in [2.24, 2.45) is 0 Å². The van der Waals surface area contributed by atoms with Gasteiger partial charge in [-0.2, -0.15) is 0 Å². The molecule has 1 saturated carbocycles. The minimum absolute atomic E-state index is 2.57. The molecule has 1 fully saturated rings. The fourth-order valence-electron chi connectivity index (χ4n) is 4.75. The van der Waals surface area contributed by atoms with Crippen LogP contribution in [-0.4, -0.2) is 117 Å². The molecule has 24 heteroatoms. The van der Waals surface area contributed by atoms with Crippen molar-refractivity contribution < 1.29 is 110 Å². The van der Waals surface area contributed by atoms with Crippen LogP contribution in [0, 0.1) is 0 Å². The predicted octanol–water partition coefficient (Wildman–Crippen LogP) is 3.50. The van der Waals surface area contributed by atoms with E-state index in [-0.39, 0.29) is 0 Å². The van der Waals surface area contributed by atoms with E-state index in [0.717, 1.165) is 0 Å². The number of hydrogen-bond donors (Lipinski definition) is 0. The molecule has 0 unspecified atom stereocenters. The van der Waals surface area contributed by atoms with Gasteiger partial charge in [0.15, 0.2) is 82.3 Å². The van der Waals surface area contributed by atoms with Crippen LogP contribution in [0.2, 0.25) is 0 Å². The highest BCUT2D eigenvalue weighted by Crippen LogP contribution is 2.68. The zero-order chi connectivity index (χ0) is 32.0. The number of rotatable bonds is 24. The number of alkyl halides is 12. The molecule has 1 aliphatic rings. The normalized spacial score (nSPS) is 21.4. The number of hydrogen-bond acceptors (Lipinski definition) is 12. The van der Waals surface area contributed by atoms with Crippen LogP contribution in [-0.2, 0) is 56.8 Å². The van der Waals surface area contributed by atoms with Gasteiger partial charge in [-0.1, -0.05) is 0 Å². The van der Waals surface area contributed by atoms with E-state index in [0.29, 0.717) is 0 Å². The van der Waals surface area contributed by atoms with Gasteiger partial charge in [0.25, 0.3) is 34.7 Å². The number of ether oxygens (including phenoxy) is 12. The molecular formula is C18H24F12O12. The lowest BCUT2D eigenvalue weighted by atomic mass is 9.67. The molecule has 0 saturated heterocycles. The van der Waals surface area contributed by atoms with E-state index in [1.54, 1.807) is 0 Å². The molecule has 12 nitrogen and oxygen atoms in total. The second kappa shape index (κ2) is 17.2. The smallest absolute Gasteiger partial charge is 0.296 e. The van der Waals surface area contributed by atoms with Crippen LogP contribution >= 0.6 is 0 Å². The molecule has 0 aromatic carbocycles. The molecule has 252 valence electrons. The first-order valence-corrected chi connectivity index (χ1v) is 10.6. The van der Waals surface area contributed by atoms with Crippen molar-refractivity contribution in [1.82, 2.24) is 0 Å². The molecule has 0 radical (unpaired) electrons. The summed E-state index contributed by atoms with van der Waals surface area (Å²) in [5, 5.41) is 0. The largest absolute Gasteiger partial charge is 0.309 e. The van der Waals surface area contributed by atoms with Gasteiger partial charge in [-0.05, 0) is 0 Å². The summed E-state index contributed by atoms with van der Waals surface area (Å²) in [6.45, 7) is -30.8. The van der Waals surface area contributed by atoms with Gasteiger partial charge in [-0.25, -0.2) is 52.7 Å². The SMILES string of the molecule is FCOC1(OCF)C(OCF)(OCF)C(OCF)(OCF)C(OCF)(OCF)C(OCF)(OCF)C1(OCF)OCF. The van der Waals surface area contributed by atoms with E-state index < -0.39 is 117 Å². The fraction of sp³-hybridized carbons (Fsp3) is 1.00. The van der Waals surface area contributed by atoms with Crippen LogP contribution in [0.3, 0.4) is 0 Å². The maximum absolute atomic E-state index is 14.1. The summed E-state index contributed by atoms with van der Waals surface area (Å²) in [5.41, 5.74) is 0. The second-order valence-electron chi connectivity index (χ2n) is 6.74. The molecule has 1 rings (SSSR count). The highest BCUT2D eigenvalue weighted by Gasteiger charge is 3.00. The average molecular weight is 660 g/mol. The Labute approximate surface area is 227 Å². The lowest BCUT2D eigenvalue weighted by Crippen LogP contribution is -2.99. The van der Waals surface area contributed by atoms with E-state index in [1.807, 2.05) is 0 Å². The summed E-state index contributed by atoms with van der Waals surface area (Å²) in [7, 11) is 0. The first kappa shape index (κ1) is 38.7. The highest BCUT2D eigenvalue weighted by atomic mass is 19.2. The number of halogens is 12. The van der Waals surface area contributed by atoms with Crippen LogP contribution in [0.1, 0.15) is 0 Å². The molecule has 0 atom stereocenters. The highest BCUT2D eigenvalue weighted by molar-refractivity contribution is 5.28. The maximum Gasteiger partial charge on any atom is 0.296 e. The average Bonchev–Trinajstić information content (AvgIpc) is 2.95. The first-order valence-electron chi connectivity index (χ1n) is 10.6. The molecule has 0 bridgehead atoms. The van der Waals surface area contributed by atoms with E-state index in [4.69, 9.17) is 0 Å². The lowest BCUT2D eigenvalue weighted by molar-refractivity contribution is -0.679. The van der Waals surface area contributed by atoms with Gasteiger partial charge in [-0.3, -0.25) is 0 Å². The van der Waals surface area contributed by atoms with E-state index in [2.05, 4.69) is 56.8 Å². The van der Waals surface area contributed by atoms with Crippen molar-refractivity contribution >= 4 is 0 Å². The summed E-state index contributed by atoms with van der Waals surface area (Å²) in [6.07, 6.45) is 0. The van der Waals surface area contributed by atoms with Crippen LogP contribution in [0.15, 0.2) is 0 Å². The van der Waals surface area contributed by atoms with E-state index in [9.17, 15) is 52.7 Å². The molecule has 0 aromatic heterocycles. The zero-order valence-electron chi connectivity index (χ0n) is 20.9. The molecule has 42 heavy (non-hydrogen) atoms. The van der Waals surface area contributed by atoms with Gasteiger partial charge in [0.05, 0.1) is 0 Å². The van der Waals surface area contributed by atoms with Crippen LogP contribution in [0.4, 0.5) is 52.7 Å². The third-order valence-corrected chi connectivity index (χ3v) is 5.69. The second-order valence-corrected chi connectivity index (χ2v) is 6.74. The summed E-state index contributed by atoms with van der Waals surface area (Å²) < 4.78 is 223. The summed E-state index contributed by atoms with van der Waals surface area (Å²) in [4.78, 5) is 0. The lowest BCUT2D eigenvalue weighted by Gasteiger charge is -2.70. The minimum atomic E-state index is -4.74. The van der Waals surface area contributed by atoms with E-state index in [1.165, 1.54) is 0 Å². The van der Waals surface area contributed by atoms with Gasteiger partial charge >= 0.3 is 0 Å². The predicted molar refractivity (Wildman–Crippen MR) is 101 cm³/mol. The van der Waals surface area contributed by atoms with Gasteiger partial charge in [0.2, 0.25) is 0 Å². The Morgan fingerprint density at radius 3 is 0.310 bits per heavy atom. The first-order chi connectivity index (χ1) is 20.2. The zero-order valence-corrected chi connectivity index (χ0v) is 20.9. The molecule has 0 heterocycles. The standard InChI is InChI=1S/C18H24F12O12/c19-1-31-13(32-2-20)14(33-3-21,34-4-22)16(37-7-25,38-8-26)18(41-11-29,42-12-30)17(39-9-27,40-10-28)15(13,35-5-23)36-6-24/h1-12H2. The third-order valence-electron chi connectivity index (χ3n) is 5.69. The van der Waals surface area contributed by atoms with Gasteiger partial charge in [0.1, 0.15) is 0 Å². The molecule has 0 amide bonds. The van der Waals surface area contributed by atoms with Gasteiger partial charge in [-0.15, -0.1) is 0 Å². The summed E-state index contributed by atoms with van der Waals surface area (Å²) >= 11 is 0. The van der Waals surface area contributed by atoms with Gasteiger partial charge in [0, 0.05) is 0 Å². The third kappa shape index (κ3) is 5.42. The molecule has 0 aromatic rings. The topological polar surface area (TPSA) is 111 Å². The van der Waals surface area contributed by atoms with Crippen molar-refractivity contribution in [3.63, 3.8) is 0 Å². The van der Waals surface area contributed by atoms with Crippen molar-refractivity contribution in [2.45, 2.75) is 34.7 Å². The van der Waals surface area contributed by atoms with Crippen molar-refractivity contribution in [2.75, 3.05) is 82.3 Å². The Morgan fingerprint density at radius 1 is 0.190 bits per heavy atom. The molecular weight excluding hydrogens is 636 g/mol. The Morgan fingerprint density at radius 2 is 0.262 bits per heavy atom. The van der Waals surface area contributed by atoms with Gasteiger partial charge < -0.3 is 56.8 Å². The van der Waals surface area contributed by atoms with Crippen LogP contribution < -0.4 is 0 Å². The summed E-state index contributed by atoms with van der Waals surface area (Å²) in [5.74, 6) is -28.4. The molecule has 0 aliphatic heterocycles. The minimum Gasteiger partial charge on any atom is -0.309 e. The van der Waals surface area contributed by atoms with Crippen molar-refractivity contribution in [1.29, 1.82) is 0 Å². The van der Waals surface area contributed by atoms with E-state index >= 15 is 0 Å². The fourth-order valence-corrected chi connectivity index (χ4v) is 4.75. The summed E-state index contributed by atoms with van der Waals surface area (Å²) in [6, 6.07) is 0. The Balaban J connectivity index is 5.03. The molecule has 0 spiro atoms.